The largest absolute Gasteiger partial charge is 0.336 e. The van der Waals surface area contributed by atoms with Gasteiger partial charge in [0, 0.05) is 26.2 Å². The van der Waals surface area contributed by atoms with Crippen LogP contribution in [-0.4, -0.2) is 58.7 Å². The van der Waals surface area contributed by atoms with Crippen LogP contribution in [0.25, 0.3) is 5.69 Å². The highest BCUT2D eigenvalue weighted by Gasteiger charge is 2.29. The summed E-state index contributed by atoms with van der Waals surface area (Å²) in [6.07, 6.45) is 0. The lowest BCUT2D eigenvalue weighted by Gasteiger charge is -2.32. The van der Waals surface area contributed by atoms with Crippen LogP contribution < -0.4 is 0 Å². The third kappa shape index (κ3) is 3.33. The third-order valence-electron chi connectivity index (χ3n) is 4.99. The molecule has 3 rings (SSSR count). The lowest BCUT2D eigenvalue weighted by atomic mass is 10.0. The number of rotatable bonds is 3. The molecule has 1 aliphatic heterocycles. The van der Waals surface area contributed by atoms with E-state index in [0.717, 1.165) is 54.4 Å². The van der Waals surface area contributed by atoms with Gasteiger partial charge in [0.15, 0.2) is 0 Å². The minimum absolute atomic E-state index is 0.120. The minimum Gasteiger partial charge on any atom is -0.336 e. The Morgan fingerprint density at radius 3 is 2.32 bits per heavy atom. The standard InChI is InChI=1S/C20H28N4O/c1-14(2)19-18(20(25)23-12-10-22(5)11-13-23)16(4)21-24(19)17-9-7-6-8-15(17)3/h6-9,14H,10-13H2,1-5H3. The van der Waals surface area contributed by atoms with Crippen molar-refractivity contribution in [3.05, 3.63) is 46.8 Å². The van der Waals surface area contributed by atoms with Crippen LogP contribution in [0.5, 0.6) is 0 Å². The molecule has 0 bridgehead atoms. The van der Waals surface area contributed by atoms with E-state index in [1.807, 2.05) is 28.6 Å². The van der Waals surface area contributed by atoms with Gasteiger partial charge in [0.25, 0.3) is 5.91 Å². The fourth-order valence-electron chi connectivity index (χ4n) is 3.50. The Morgan fingerprint density at radius 2 is 1.72 bits per heavy atom. The fourth-order valence-corrected chi connectivity index (χ4v) is 3.50. The van der Waals surface area contributed by atoms with Crippen molar-refractivity contribution in [1.82, 2.24) is 19.6 Å². The van der Waals surface area contributed by atoms with Crippen LogP contribution in [0.1, 0.15) is 47.1 Å². The minimum atomic E-state index is 0.120. The second-order valence-corrected chi connectivity index (χ2v) is 7.29. The molecule has 5 heteroatoms. The van der Waals surface area contributed by atoms with Gasteiger partial charge in [0.05, 0.1) is 22.6 Å². The number of benzene rings is 1. The number of nitrogens with zero attached hydrogens (tertiary/aromatic N) is 4. The van der Waals surface area contributed by atoms with Crippen LogP contribution in [-0.2, 0) is 0 Å². The van der Waals surface area contributed by atoms with Crippen molar-refractivity contribution in [1.29, 1.82) is 0 Å². The zero-order valence-corrected chi connectivity index (χ0v) is 15.9. The second kappa shape index (κ2) is 7.00. The van der Waals surface area contributed by atoms with Gasteiger partial charge in [-0.15, -0.1) is 0 Å². The zero-order valence-electron chi connectivity index (χ0n) is 15.9. The maximum Gasteiger partial charge on any atom is 0.257 e. The van der Waals surface area contributed by atoms with Crippen LogP contribution in [0.15, 0.2) is 24.3 Å². The summed E-state index contributed by atoms with van der Waals surface area (Å²) < 4.78 is 1.97. The number of piperazine rings is 1. The summed E-state index contributed by atoms with van der Waals surface area (Å²) in [4.78, 5) is 17.5. The monoisotopic (exact) mass is 340 g/mol. The van der Waals surface area contributed by atoms with Crippen molar-refractivity contribution in [2.75, 3.05) is 33.2 Å². The molecule has 1 aromatic heterocycles. The van der Waals surface area contributed by atoms with E-state index in [-0.39, 0.29) is 11.8 Å². The predicted octanol–water partition coefficient (Wildman–Crippen LogP) is 3.00. The molecule has 0 unspecified atom stereocenters. The Balaban J connectivity index is 2.06. The van der Waals surface area contributed by atoms with E-state index in [1.54, 1.807) is 0 Å². The van der Waals surface area contributed by atoms with Crippen molar-refractivity contribution < 1.29 is 4.79 Å². The molecule has 0 atom stereocenters. The van der Waals surface area contributed by atoms with Crippen LogP contribution in [0.4, 0.5) is 0 Å². The van der Waals surface area contributed by atoms with Crippen molar-refractivity contribution in [2.24, 2.45) is 0 Å². The molecule has 2 aromatic rings. The molecule has 0 spiro atoms. The molecule has 1 amide bonds. The Hall–Kier alpha value is -2.14. The summed E-state index contributed by atoms with van der Waals surface area (Å²) in [6.45, 7) is 11.7. The van der Waals surface area contributed by atoms with Gasteiger partial charge in [0.2, 0.25) is 0 Å². The van der Waals surface area contributed by atoms with E-state index in [0.29, 0.717) is 0 Å². The van der Waals surface area contributed by atoms with Gasteiger partial charge in [-0.3, -0.25) is 4.79 Å². The first kappa shape index (κ1) is 17.7. The number of aryl methyl sites for hydroxylation is 2. The molecule has 25 heavy (non-hydrogen) atoms. The lowest BCUT2D eigenvalue weighted by Crippen LogP contribution is -2.47. The number of amides is 1. The molecule has 0 aliphatic carbocycles. The highest BCUT2D eigenvalue weighted by atomic mass is 16.2. The number of para-hydroxylation sites is 1. The number of hydrogen-bond acceptors (Lipinski definition) is 3. The highest BCUT2D eigenvalue weighted by Crippen LogP contribution is 2.28. The average Bonchev–Trinajstić information content (AvgIpc) is 2.92. The van der Waals surface area contributed by atoms with Crippen molar-refractivity contribution in [2.45, 2.75) is 33.6 Å². The van der Waals surface area contributed by atoms with Crippen LogP contribution in [0.2, 0.25) is 0 Å². The fraction of sp³-hybridized carbons (Fsp3) is 0.500. The summed E-state index contributed by atoms with van der Waals surface area (Å²) in [5.74, 6) is 0.335. The van der Waals surface area contributed by atoms with Crippen LogP contribution in [0.3, 0.4) is 0 Å². The van der Waals surface area contributed by atoms with Gasteiger partial charge in [-0.2, -0.15) is 5.10 Å². The topological polar surface area (TPSA) is 41.4 Å². The van der Waals surface area contributed by atoms with E-state index in [1.165, 1.54) is 0 Å². The number of carbonyl (C=O) groups is 1. The first-order valence-electron chi connectivity index (χ1n) is 9.03. The van der Waals surface area contributed by atoms with E-state index in [2.05, 4.69) is 44.9 Å². The van der Waals surface area contributed by atoms with Gasteiger partial charge in [-0.1, -0.05) is 32.0 Å². The highest BCUT2D eigenvalue weighted by molar-refractivity contribution is 5.97. The number of aromatic nitrogens is 2. The Labute approximate surface area is 150 Å². The molecule has 0 saturated carbocycles. The lowest BCUT2D eigenvalue weighted by molar-refractivity contribution is 0.0662. The summed E-state index contributed by atoms with van der Waals surface area (Å²) in [7, 11) is 2.10. The van der Waals surface area contributed by atoms with Crippen molar-refractivity contribution in [3.8, 4) is 5.69 Å². The van der Waals surface area contributed by atoms with E-state index in [4.69, 9.17) is 5.10 Å². The molecule has 1 fully saturated rings. The van der Waals surface area contributed by atoms with Crippen molar-refractivity contribution >= 4 is 5.91 Å². The zero-order chi connectivity index (χ0) is 18.1. The number of hydrogen-bond donors (Lipinski definition) is 0. The molecule has 1 aromatic carbocycles. The van der Waals surface area contributed by atoms with E-state index >= 15 is 0 Å². The summed E-state index contributed by atoms with van der Waals surface area (Å²) in [5.41, 5.74) is 4.81. The summed E-state index contributed by atoms with van der Waals surface area (Å²) in [6, 6.07) is 8.20. The molecule has 0 N–H and O–H groups in total. The first-order valence-corrected chi connectivity index (χ1v) is 9.03. The quantitative estimate of drug-likeness (QED) is 0.862. The number of likely N-dealkylation sites (N-methyl/N-ethyl adjacent to an activating group) is 1. The molecule has 0 radical (unpaired) electrons. The SMILES string of the molecule is Cc1ccccc1-n1nc(C)c(C(=O)N2CCN(C)CC2)c1C(C)C. The maximum absolute atomic E-state index is 13.2. The third-order valence-corrected chi connectivity index (χ3v) is 4.99. The Morgan fingerprint density at radius 1 is 1.08 bits per heavy atom. The second-order valence-electron chi connectivity index (χ2n) is 7.29. The Bertz CT molecular complexity index is 770. The van der Waals surface area contributed by atoms with Crippen LogP contribution in [0, 0.1) is 13.8 Å². The van der Waals surface area contributed by atoms with Crippen LogP contribution >= 0.6 is 0 Å². The summed E-state index contributed by atoms with van der Waals surface area (Å²) >= 11 is 0. The van der Waals surface area contributed by atoms with Gasteiger partial charge >= 0.3 is 0 Å². The Kier molecular flexibility index (Phi) is 4.95. The normalized spacial score (nSPS) is 15.8. The summed E-state index contributed by atoms with van der Waals surface area (Å²) in [5, 5.41) is 4.75. The van der Waals surface area contributed by atoms with Gasteiger partial charge in [-0.25, -0.2) is 4.68 Å². The molecule has 134 valence electrons. The molecule has 1 saturated heterocycles. The predicted molar refractivity (Wildman–Crippen MR) is 101 cm³/mol. The maximum atomic E-state index is 13.2. The first-order chi connectivity index (χ1) is 11.9. The molecule has 1 aliphatic rings. The van der Waals surface area contributed by atoms with E-state index < -0.39 is 0 Å². The van der Waals surface area contributed by atoms with Gasteiger partial charge < -0.3 is 9.80 Å². The molecular formula is C20H28N4O. The molecule has 2 heterocycles. The molecule has 5 nitrogen and oxygen atoms in total. The van der Waals surface area contributed by atoms with E-state index in [9.17, 15) is 4.79 Å². The van der Waals surface area contributed by atoms with Gasteiger partial charge in [0.1, 0.15) is 0 Å². The average molecular weight is 340 g/mol. The number of carbonyl (C=O) groups excluding carboxylic acids is 1. The smallest absolute Gasteiger partial charge is 0.257 e. The molecular weight excluding hydrogens is 312 g/mol. The van der Waals surface area contributed by atoms with Gasteiger partial charge in [-0.05, 0) is 38.4 Å². The van der Waals surface area contributed by atoms with Crippen molar-refractivity contribution in [3.63, 3.8) is 0 Å².